The summed E-state index contributed by atoms with van der Waals surface area (Å²) in [5, 5.41) is 6.42. The Morgan fingerprint density at radius 3 is 2.65 bits per heavy atom. The Morgan fingerprint density at radius 1 is 1.09 bits per heavy atom. The summed E-state index contributed by atoms with van der Waals surface area (Å²) >= 11 is 1.52. The number of anilines is 1. The van der Waals surface area contributed by atoms with Crippen molar-refractivity contribution < 1.29 is 22.8 Å². The number of thiazole rings is 1. The fraction of sp³-hybridized carbons (Fsp3) is 0.250. The maximum Gasteiger partial charge on any atom is 0.257 e. The van der Waals surface area contributed by atoms with Gasteiger partial charge in [0.25, 0.3) is 11.8 Å². The molecule has 1 aromatic heterocycles. The number of carbonyl (C=O) groups excluding carboxylic acids is 3. The number of nitrogens with zero attached hydrogens (tertiary/aromatic N) is 1. The van der Waals surface area contributed by atoms with Crippen molar-refractivity contribution in [2.45, 2.75) is 47.9 Å². The first-order valence-electron chi connectivity index (χ1n) is 10.9. The summed E-state index contributed by atoms with van der Waals surface area (Å²) in [6.07, 6.45) is 4.53. The van der Waals surface area contributed by atoms with Crippen LogP contribution in [-0.4, -0.2) is 31.0 Å². The van der Waals surface area contributed by atoms with Gasteiger partial charge in [0.1, 0.15) is 5.78 Å². The largest absolute Gasteiger partial charge is 0.347 e. The Bertz CT molecular complexity index is 1420. The molecule has 5 rings (SSSR count). The molecule has 0 spiro atoms. The first kappa shape index (κ1) is 22.4. The molecule has 2 heterocycles. The molecule has 174 valence electrons. The van der Waals surface area contributed by atoms with Gasteiger partial charge in [-0.15, -0.1) is 11.3 Å². The Hall–Kier alpha value is -3.37. The van der Waals surface area contributed by atoms with E-state index in [0.29, 0.717) is 18.6 Å². The third kappa shape index (κ3) is 4.14. The van der Waals surface area contributed by atoms with E-state index >= 15 is 0 Å². The second-order valence-corrected chi connectivity index (χ2v) is 11.4. The highest BCUT2D eigenvalue weighted by atomic mass is 32.2. The first-order chi connectivity index (χ1) is 16.3. The SMILES string of the molecule is O=C1CCC(c2ncc(CNC(=O)c3ccc4c(c3)NC(=O)c3ccccc3S4(=O)=O)s2)CC1. The number of carbonyl (C=O) groups is 3. The highest BCUT2D eigenvalue weighted by molar-refractivity contribution is 7.91. The van der Waals surface area contributed by atoms with Crippen LogP contribution < -0.4 is 10.6 Å². The molecule has 1 fully saturated rings. The summed E-state index contributed by atoms with van der Waals surface area (Å²) in [5.41, 5.74) is 0.365. The maximum atomic E-state index is 13.1. The van der Waals surface area contributed by atoms with Gasteiger partial charge in [0.15, 0.2) is 0 Å². The predicted molar refractivity (Wildman–Crippen MR) is 126 cm³/mol. The molecule has 0 unspecified atom stereocenters. The molecule has 0 atom stereocenters. The molecule has 2 N–H and O–H groups in total. The lowest BCUT2D eigenvalue weighted by Crippen LogP contribution is -2.22. The van der Waals surface area contributed by atoms with Crippen LogP contribution in [0.2, 0.25) is 0 Å². The molecule has 1 aliphatic heterocycles. The van der Waals surface area contributed by atoms with Gasteiger partial charge >= 0.3 is 0 Å². The number of aromatic nitrogens is 1. The zero-order valence-electron chi connectivity index (χ0n) is 18.0. The smallest absolute Gasteiger partial charge is 0.257 e. The molecule has 1 aliphatic carbocycles. The minimum absolute atomic E-state index is 0.0552. The highest BCUT2D eigenvalue weighted by Crippen LogP contribution is 2.35. The van der Waals surface area contributed by atoms with E-state index in [1.54, 1.807) is 18.3 Å². The number of sulfone groups is 1. The second kappa shape index (κ2) is 8.77. The van der Waals surface area contributed by atoms with E-state index in [2.05, 4.69) is 15.6 Å². The average Bonchev–Trinajstić information content (AvgIpc) is 3.29. The lowest BCUT2D eigenvalue weighted by Gasteiger charge is -2.18. The van der Waals surface area contributed by atoms with Gasteiger partial charge in [-0.2, -0.15) is 0 Å². The molecule has 1 saturated carbocycles. The van der Waals surface area contributed by atoms with E-state index in [1.165, 1.54) is 41.7 Å². The molecule has 0 radical (unpaired) electrons. The van der Waals surface area contributed by atoms with Crippen LogP contribution in [0.15, 0.2) is 58.5 Å². The van der Waals surface area contributed by atoms with Crippen LogP contribution in [0.4, 0.5) is 5.69 Å². The number of hydrogen-bond donors (Lipinski definition) is 2. The zero-order chi connectivity index (χ0) is 23.9. The summed E-state index contributed by atoms with van der Waals surface area (Å²) in [7, 11) is -3.92. The quantitative estimate of drug-likeness (QED) is 0.569. The van der Waals surface area contributed by atoms with Crippen molar-refractivity contribution in [1.82, 2.24) is 10.3 Å². The van der Waals surface area contributed by atoms with Crippen molar-refractivity contribution in [3.63, 3.8) is 0 Å². The topological polar surface area (TPSA) is 122 Å². The van der Waals surface area contributed by atoms with E-state index in [1.807, 2.05) is 0 Å². The van der Waals surface area contributed by atoms with E-state index in [-0.39, 0.29) is 39.1 Å². The second-order valence-electron chi connectivity index (χ2n) is 8.33. The summed E-state index contributed by atoms with van der Waals surface area (Å²) in [4.78, 5) is 42.1. The molecular weight excluding hydrogens is 474 g/mol. The lowest BCUT2D eigenvalue weighted by atomic mass is 9.89. The van der Waals surface area contributed by atoms with Crippen LogP contribution in [0.25, 0.3) is 0 Å². The fourth-order valence-electron chi connectivity index (χ4n) is 4.25. The van der Waals surface area contributed by atoms with Crippen LogP contribution in [0.3, 0.4) is 0 Å². The van der Waals surface area contributed by atoms with E-state index < -0.39 is 21.7 Å². The Kier molecular flexibility index (Phi) is 5.78. The molecule has 2 amide bonds. The van der Waals surface area contributed by atoms with Crippen molar-refractivity contribution in [2.75, 3.05) is 5.32 Å². The number of Topliss-reactive ketones (excluding diaryl/α,β-unsaturated/α-hetero) is 1. The standard InChI is InChI=1S/C24H21N3O5S2/c28-16-8-5-14(6-9-16)24-26-13-17(33-24)12-25-22(29)15-7-10-21-19(11-15)27-23(30)18-3-1-2-4-20(18)34(21,31)32/h1-4,7,10-11,13-14H,5-6,8-9,12H2,(H,25,29)(H,27,30). The molecule has 2 aliphatic rings. The van der Waals surface area contributed by atoms with Crippen LogP contribution in [-0.2, 0) is 21.2 Å². The number of nitrogens with one attached hydrogen (secondary N) is 2. The number of hydrogen-bond acceptors (Lipinski definition) is 7. The van der Waals surface area contributed by atoms with E-state index in [4.69, 9.17) is 0 Å². The van der Waals surface area contributed by atoms with Crippen LogP contribution in [0, 0.1) is 0 Å². The number of benzene rings is 2. The molecular formula is C24H21N3O5S2. The third-order valence-corrected chi connectivity index (χ3v) is 9.12. The van der Waals surface area contributed by atoms with Crippen molar-refractivity contribution >= 4 is 44.5 Å². The van der Waals surface area contributed by atoms with Crippen LogP contribution in [0.1, 0.15) is 62.2 Å². The zero-order valence-corrected chi connectivity index (χ0v) is 19.7. The molecule has 34 heavy (non-hydrogen) atoms. The van der Waals surface area contributed by atoms with E-state index in [9.17, 15) is 22.8 Å². The third-order valence-electron chi connectivity index (χ3n) is 6.09. The molecule has 3 aromatic rings. The normalized spacial score (nSPS) is 17.3. The molecule has 0 bridgehead atoms. The predicted octanol–water partition coefficient (Wildman–Crippen LogP) is 3.70. The summed E-state index contributed by atoms with van der Waals surface area (Å²) in [6.45, 7) is 0.273. The van der Waals surface area contributed by atoms with Gasteiger partial charge < -0.3 is 10.6 Å². The van der Waals surface area contributed by atoms with Crippen molar-refractivity contribution in [1.29, 1.82) is 0 Å². The van der Waals surface area contributed by atoms with Gasteiger partial charge in [0.2, 0.25) is 9.84 Å². The van der Waals surface area contributed by atoms with Gasteiger partial charge in [-0.05, 0) is 43.2 Å². The Labute approximate surface area is 200 Å². The van der Waals surface area contributed by atoms with Crippen molar-refractivity contribution in [2.24, 2.45) is 0 Å². The summed E-state index contributed by atoms with van der Waals surface area (Å²) < 4.78 is 26.2. The molecule has 2 aromatic carbocycles. The van der Waals surface area contributed by atoms with Crippen molar-refractivity contribution in [3.8, 4) is 0 Å². The summed E-state index contributed by atoms with van der Waals surface area (Å²) in [5.74, 6) is -0.355. The first-order valence-corrected chi connectivity index (χ1v) is 13.2. The van der Waals surface area contributed by atoms with Crippen LogP contribution >= 0.6 is 11.3 Å². The van der Waals surface area contributed by atoms with Crippen LogP contribution in [0.5, 0.6) is 0 Å². The molecule has 8 nitrogen and oxygen atoms in total. The van der Waals surface area contributed by atoms with Crippen molar-refractivity contribution in [3.05, 3.63) is 69.7 Å². The number of rotatable bonds is 4. The fourth-order valence-corrected chi connectivity index (χ4v) is 6.87. The highest BCUT2D eigenvalue weighted by Gasteiger charge is 2.31. The molecule has 0 saturated heterocycles. The number of fused-ring (bicyclic) bond motifs is 2. The Morgan fingerprint density at radius 2 is 1.85 bits per heavy atom. The van der Waals surface area contributed by atoms with Gasteiger partial charge in [-0.1, -0.05) is 12.1 Å². The lowest BCUT2D eigenvalue weighted by molar-refractivity contribution is -0.120. The minimum Gasteiger partial charge on any atom is -0.347 e. The average molecular weight is 496 g/mol. The molecule has 10 heteroatoms. The van der Waals surface area contributed by atoms with Gasteiger partial charge in [0, 0.05) is 35.4 Å². The van der Waals surface area contributed by atoms with Gasteiger partial charge in [-0.25, -0.2) is 13.4 Å². The summed E-state index contributed by atoms with van der Waals surface area (Å²) in [6, 6.07) is 10.2. The monoisotopic (exact) mass is 495 g/mol. The minimum atomic E-state index is -3.92. The van der Waals surface area contributed by atoms with E-state index in [0.717, 1.165) is 22.7 Å². The van der Waals surface area contributed by atoms with Gasteiger partial charge in [0.05, 0.1) is 32.6 Å². The number of amides is 2. The number of ketones is 1. The Balaban J connectivity index is 1.32. The maximum absolute atomic E-state index is 13.1. The van der Waals surface area contributed by atoms with Gasteiger partial charge in [-0.3, -0.25) is 14.4 Å².